The normalized spacial score (nSPS) is 27.7. The maximum atomic E-state index is 5.28. The van der Waals surface area contributed by atoms with E-state index in [0.717, 1.165) is 40.8 Å². The summed E-state index contributed by atoms with van der Waals surface area (Å²) in [6, 6.07) is 3.91. The lowest BCUT2D eigenvalue weighted by molar-refractivity contribution is 0.333. The van der Waals surface area contributed by atoms with Crippen LogP contribution in [0.1, 0.15) is 31.9 Å². The molecule has 128 valence electrons. The maximum Gasteiger partial charge on any atom is 0.165 e. The Balaban J connectivity index is 1.38. The van der Waals surface area contributed by atoms with Crippen molar-refractivity contribution in [2.45, 2.75) is 32.4 Å². The molecule has 0 radical (unpaired) electrons. The summed E-state index contributed by atoms with van der Waals surface area (Å²) < 4.78 is 7.33. The summed E-state index contributed by atoms with van der Waals surface area (Å²) in [6.07, 6.45) is 7.18. The van der Waals surface area contributed by atoms with Crippen molar-refractivity contribution in [2.75, 3.05) is 7.11 Å². The first-order chi connectivity index (χ1) is 12.1. The quantitative estimate of drug-likeness (QED) is 0.934. The number of aliphatic imine (C=N–C) groups is 2. The molecule has 7 heteroatoms. The molecular formula is C18H20N6O. The van der Waals surface area contributed by atoms with Gasteiger partial charge in [-0.25, -0.2) is 15.4 Å². The van der Waals surface area contributed by atoms with Crippen LogP contribution in [0, 0.1) is 5.92 Å². The molecule has 0 amide bonds. The highest BCUT2D eigenvalue weighted by atomic mass is 16.5. The second-order valence-electron chi connectivity index (χ2n) is 6.85. The van der Waals surface area contributed by atoms with E-state index in [0.29, 0.717) is 11.8 Å². The third-order valence-corrected chi connectivity index (χ3v) is 5.17. The van der Waals surface area contributed by atoms with Crippen LogP contribution in [0.25, 0.3) is 5.65 Å². The standard InChI is InChI=1S/C18H20N6O/c1-10-8-19-11(2)18-21-17(22-24(10)18)14-7-13(14)15-9-23-5-4-12(25-3)6-16(23)20-15/h4-6,8-9,13-14,17,22H,7H2,1-3H3. The molecule has 25 heavy (non-hydrogen) atoms. The zero-order chi connectivity index (χ0) is 17.1. The largest absolute Gasteiger partial charge is 0.497 e. The van der Waals surface area contributed by atoms with Crippen molar-refractivity contribution >= 4 is 17.2 Å². The van der Waals surface area contributed by atoms with Gasteiger partial charge in [-0.15, -0.1) is 0 Å². The Labute approximate surface area is 145 Å². The fourth-order valence-corrected chi connectivity index (χ4v) is 3.63. The van der Waals surface area contributed by atoms with Crippen LogP contribution < -0.4 is 10.2 Å². The maximum absolute atomic E-state index is 5.28. The minimum atomic E-state index is 0.0888. The molecule has 7 nitrogen and oxygen atoms in total. The smallest absolute Gasteiger partial charge is 0.165 e. The van der Waals surface area contributed by atoms with Crippen molar-refractivity contribution in [1.29, 1.82) is 0 Å². The number of hydrogen-bond donors (Lipinski definition) is 1. The molecule has 0 saturated heterocycles. The number of rotatable bonds is 3. The summed E-state index contributed by atoms with van der Waals surface area (Å²) in [5.74, 6) is 2.67. The minimum absolute atomic E-state index is 0.0888. The summed E-state index contributed by atoms with van der Waals surface area (Å²) >= 11 is 0. The molecule has 0 bridgehead atoms. The van der Waals surface area contributed by atoms with E-state index in [-0.39, 0.29) is 6.17 Å². The van der Waals surface area contributed by atoms with Gasteiger partial charge >= 0.3 is 0 Å². The lowest BCUT2D eigenvalue weighted by atomic mass is 10.2. The van der Waals surface area contributed by atoms with Crippen LogP contribution in [0.4, 0.5) is 0 Å². The molecule has 3 aliphatic rings. The van der Waals surface area contributed by atoms with E-state index >= 15 is 0 Å². The second-order valence-corrected chi connectivity index (χ2v) is 6.85. The van der Waals surface area contributed by atoms with Gasteiger partial charge in [-0.05, 0) is 26.3 Å². The van der Waals surface area contributed by atoms with Gasteiger partial charge in [-0.3, -0.25) is 10.0 Å². The highest BCUT2D eigenvalue weighted by Gasteiger charge is 2.48. The molecular weight excluding hydrogens is 316 g/mol. The van der Waals surface area contributed by atoms with Crippen molar-refractivity contribution in [3.05, 3.63) is 42.1 Å². The third kappa shape index (κ3) is 2.26. The van der Waals surface area contributed by atoms with Gasteiger partial charge in [0.05, 0.1) is 24.2 Å². The van der Waals surface area contributed by atoms with Gasteiger partial charge in [0.1, 0.15) is 17.6 Å². The Morgan fingerprint density at radius 2 is 2.20 bits per heavy atom. The Hall–Kier alpha value is -2.67. The Morgan fingerprint density at radius 1 is 1.32 bits per heavy atom. The van der Waals surface area contributed by atoms with Crippen molar-refractivity contribution in [3.63, 3.8) is 0 Å². The molecule has 3 unspecified atom stereocenters. The first-order valence-corrected chi connectivity index (χ1v) is 8.52. The van der Waals surface area contributed by atoms with Crippen LogP contribution in [-0.4, -0.2) is 39.2 Å². The van der Waals surface area contributed by atoms with Crippen molar-refractivity contribution in [3.8, 4) is 5.75 Å². The molecule has 4 heterocycles. The summed E-state index contributed by atoms with van der Waals surface area (Å²) in [5, 5.41) is 2.05. The molecule has 2 aromatic rings. The first-order valence-electron chi connectivity index (χ1n) is 8.52. The predicted octanol–water partition coefficient (Wildman–Crippen LogP) is 2.33. The number of pyridine rings is 1. The van der Waals surface area contributed by atoms with Gasteiger partial charge in [0.2, 0.25) is 0 Å². The minimum Gasteiger partial charge on any atom is -0.497 e. The number of fused-ring (bicyclic) bond motifs is 2. The van der Waals surface area contributed by atoms with E-state index in [2.05, 4.69) is 21.6 Å². The summed E-state index contributed by atoms with van der Waals surface area (Å²) in [5.41, 5.74) is 7.59. The number of aromatic nitrogens is 2. The Morgan fingerprint density at radius 3 is 3.00 bits per heavy atom. The molecule has 0 aromatic carbocycles. The molecule has 2 aromatic heterocycles. The van der Waals surface area contributed by atoms with Gasteiger partial charge < -0.3 is 9.14 Å². The highest BCUT2D eigenvalue weighted by Crippen LogP contribution is 2.50. The van der Waals surface area contributed by atoms with Crippen LogP contribution in [-0.2, 0) is 0 Å². The van der Waals surface area contributed by atoms with Crippen LogP contribution in [0.3, 0.4) is 0 Å². The Bertz CT molecular complexity index is 956. The van der Waals surface area contributed by atoms with Crippen LogP contribution >= 0.6 is 0 Å². The molecule has 3 atom stereocenters. The van der Waals surface area contributed by atoms with Crippen LogP contribution in [0.5, 0.6) is 5.75 Å². The van der Waals surface area contributed by atoms with Gasteiger partial charge in [0.15, 0.2) is 5.84 Å². The lowest BCUT2D eigenvalue weighted by Gasteiger charge is -2.24. The average molecular weight is 336 g/mol. The Kier molecular flexibility index (Phi) is 3.03. The summed E-state index contributed by atoms with van der Waals surface area (Å²) in [4.78, 5) is 14.1. The SMILES string of the molecule is COc1ccn2cc(C3CC3C3N=C4C(C)=NC=C(C)N4N3)nc2c1. The number of nitrogens with one attached hydrogen (secondary N) is 1. The first kappa shape index (κ1) is 14.7. The fourth-order valence-electron chi connectivity index (χ4n) is 3.63. The number of allylic oxidation sites excluding steroid dienone is 1. The summed E-state index contributed by atoms with van der Waals surface area (Å²) in [6.45, 7) is 4.04. The number of hydrogen-bond acceptors (Lipinski definition) is 6. The molecule has 1 saturated carbocycles. The number of methoxy groups -OCH3 is 1. The average Bonchev–Trinajstić information content (AvgIpc) is 3.10. The number of ether oxygens (including phenoxy) is 1. The van der Waals surface area contributed by atoms with E-state index < -0.39 is 0 Å². The van der Waals surface area contributed by atoms with E-state index in [9.17, 15) is 0 Å². The zero-order valence-electron chi connectivity index (χ0n) is 14.5. The highest BCUT2D eigenvalue weighted by molar-refractivity contribution is 6.41. The molecule has 0 spiro atoms. The van der Waals surface area contributed by atoms with E-state index in [1.54, 1.807) is 7.11 Å². The van der Waals surface area contributed by atoms with E-state index in [4.69, 9.17) is 14.7 Å². The zero-order valence-corrected chi connectivity index (χ0v) is 14.5. The monoisotopic (exact) mass is 336 g/mol. The number of hydrazine groups is 1. The van der Waals surface area contributed by atoms with E-state index in [1.165, 1.54) is 0 Å². The molecule has 1 aliphatic carbocycles. The molecule has 5 rings (SSSR count). The molecule has 1 N–H and O–H groups in total. The van der Waals surface area contributed by atoms with Crippen molar-refractivity contribution < 1.29 is 4.74 Å². The lowest BCUT2D eigenvalue weighted by Crippen LogP contribution is -2.43. The van der Waals surface area contributed by atoms with Crippen molar-refractivity contribution in [2.24, 2.45) is 15.9 Å². The van der Waals surface area contributed by atoms with Gasteiger partial charge in [0.25, 0.3) is 0 Å². The summed E-state index contributed by atoms with van der Waals surface area (Å²) in [7, 11) is 1.67. The molecule has 1 fully saturated rings. The van der Waals surface area contributed by atoms with Gasteiger partial charge in [-0.2, -0.15) is 0 Å². The number of nitrogens with zero attached hydrogens (tertiary/aromatic N) is 5. The second kappa shape index (κ2) is 5.16. The van der Waals surface area contributed by atoms with Gasteiger partial charge in [-0.1, -0.05) is 0 Å². The number of amidine groups is 1. The van der Waals surface area contributed by atoms with Gasteiger partial charge in [0, 0.05) is 36.5 Å². The van der Waals surface area contributed by atoms with Crippen molar-refractivity contribution in [1.82, 2.24) is 19.8 Å². The fraction of sp³-hybridized carbons (Fsp3) is 0.389. The van der Waals surface area contributed by atoms with E-state index in [1.807, 2.05) is 42.8 Å². The van der Waals surface area contributed by atoms with Crippen LogP contribution in [0.15, 0.2) is 46.4 Å². The molecule has 2 aliphatic heterocycles. The number of imidazole rings is 1. The third-order valence-electron chi connectivity index (χ3n) is 5.17. The van der Waals surface area contributed by atoms with Crippen LogP contribution in [0.2, 0.25) is 0 Å². The topological polar surface area (TPSA) is 66.5 Å². The predicted molar refractivity (Wildman–Crippen MR) is 95.7 cm³/mol.